The number of methoxy groups -OCH3 is 1. The summed E-state index contributed by atoms with van der Waals surface area (Å²) in [6, 6.07) is 14.9. The number of ether oxygens (including phenoxy) is 3. The normalized spacial score (nSPS) is 19.2. The second kappa shape index (κ2) is 9.37. The zero-order valence-corrected chi connectivity index (χ0v) is 19.9. The highest BCUT2D eigenvalue weighted by Crippen LogP contribution is 2.44. The second-order valence-electron chi connectivity index (χ2n) is 9.57. The molecule has 180 valence electrons. The zero-order chi connectivity index (χ0) is 24.5. The molecular formula is C26H30N2O6. The Bertz CT molecular complexity index is 1050. The first kappa shape index (κ1) is 23.6. The molecule has 1 aliphatic carbocycles. The first-order chi connectivity index (χ1) is 16.2. The van der Waals surface area contributed by atoms with E-state index in [0.29, 0.717) is 0 Å². The van der Waals surface area contributed by atoms with E-state index < -0.39 is 35.8 Å². The molecule has 1 N–H and O–H groups in total. The Hall–Kier alpha value is -3.55. The molecule has 0 spiro atoms. The molecule has 0 aromatic heterocycles. The van der Waals surface area contributed by atoms with Crippen LogP contribution in [-0.4, -0.2) is 61.0 Å². The van der Waals surface area contributed by atoms with E-state index in [0.717, 1.165) is 22.3 Å². The molecule has 1 aliphatic heterocycles. The van der Waals surface area contributed by atoms with Gasteiger partial charge in [0.1, 0.15) is 18.2 Å². The minimum absolute atomic E-state index is 0.0530. The maximum atomic E-state index is 12.6. The monoisotopic (exact) mass is 466 g/mol. The summed E-state index contributed by atoms with van der Waals surface area (Å²) in [7, 11) is 1.27. The fourth-order valence-electron chi connectivity index (χ4n) is 4.63. The van der Waals surface area contributed by atoms with Gasteiger partial charge < -0.3 is 19.5 Å². The average Bonchev–Trinajstić information content (AvgIpc) is 3.35. The van der Waals surface area contributed by atoms with Gasteiger partial charge in [0, 0.05) is 18.9 Å². The highest BCUT2D eigenvalue weighted by Gasteiger charge is 2.43. The third kappa shape index (κ3) is 4.85. The van der Waals surface area contributed by atoms with Crippen LogP contribution in [0.4, 0.5) is 9.59 Å². The Morgan fingerprint density at radius 3 is 2.15 bits per heavy atom. The minimum Gasteiger partial charge on any atom is -0.467 e. The van der Waals surface area contributed by atoms with Crippen LogP contribution in [0.5, 0.6) is 0 Å². The second-order valence-corrected chi connectivity index (χ2v) is 9.57. The lowest BCUT2D eigenvalue weighted by atomic mass is 9.98. The SMILES string of the molecule is COC(=O)C1CC(NC(=O)OCC2c3ccccc3-c3ccccc32)CN1C(=O)OC(C)(C)C. The first-order valence-electron chi connectivity index (χ1n) is 11.4. The van der Waals surface area contributed by atoms with Crippen molar-refractivity contribution in [2.45, 2.75) is 50.8 Å². The Kier molecular flexibility index (Phi) is 6.50. The zero-order valence-electron chi connectivity index (χ0n) is 19.9. The molecule has 8 heteroatoms. The van der Waals surface area contributed by atoms with Gasteiger partial charge in [0.15, 0.2) is 0 Å². The molecule has 1 heterocycles. The van der Waals surface area contributed by atoms with Crippen molar-refractivity contribution in [3.63, 3.8) is 0 Å². The number of alkyl carbamates (subject to hydrolysis) is 1. The van der Waals surface area contributed by atoms with Crippen LogP contribution in [0.25, 0.3) is 11.1 Å². The molecular weight excluding hydrogens is 436 g/mol. The van der Waals surface area contributed by atoms with Crippen molar-refractivity contribution >= 4 is 18.2 Å². The smallest absolute Gasteiger partial charge is 0.411 e. The van der Waals surface area contributed by atoms with Gasteiger partial charge in [0.05, 0.1) is 13.2 Å². The molecule has 0 saturated carbocycles. The quantitative estimate of drug-likeness (QED) is 0.539. The number of hydrogen-bond acceptors (Lipinski definition) is 6. The minimum atomic E-state index is -0.835. The summed E-state index contributed by atoms with van der Waals surface area (Å²) >= 11 is 0. The molecule has 0 bridgehead atoms. The molecule has 2 unspecified atom stereocenters. The Balaban J connectivity index is 1.40. The van der Waals surface area contributed by atoms with E-state index in [-0.39, 0.29) is 25.5 Å². The van der Waals surface area contributed by atoms with Crippen molar-refractivity contribution in [2.24, 2.45) is 0 Å². The molecule has 2 aliphatic rings. The maximum Gasteiger partial charge on any atom is 0.411 e. The topological polar surface area (TPSA) is 94.2 Å². The van der Waals surface area contributed by atoms with Crippen molar-refractivity contribution in [1.29, 1.82) is 0 Å². The summed E-state index contributed by atoms with van der Waals surface area (Å²) in [5, 5.41) is 2.79. The van der Waals surface area contributed by atoms with Gasteiger partial charge in [-0.05, 0) is 43.0 Å². The predicted molar refractivity (Wildman–Crippen MR) is 125 cm³/mol. The Morgan fingerprint density at radius 1 is 1.00 bits per heavy atom. The maximum absolute atomic E-state index is 12.6. The van der Waals surface area contributed by atoms with Gasteiger partial charge in [0.25, 0.3) is 0 Å². The molecule has 2 amide bonds. The number of nitrogens with one attached hydrogen (secondary N) is 1. The summed E-state index contributed by atoms with van der Waals surface area (Å²) in [6.07, 6.45) is -1.00. The molecule has 4 rings (SSSR count). The van der Waals surface area contributed by atoms with Crippen LogP contribution in [0.2, 0.25) is 0 Å². The number of hydrogen-bond donors (Lipinski definition) is 1. The van der Waals surface area contributed by atoms with Crippen molar-refractivity contribution in [1.82, 2.24) is 10.2 Å². The van der Waals surface area contributed by atoms with Crippen LogP contribution in [0.1, 0.15) is 44.2 Å². The van der Waals surface area contributed by atoms with E-state index in [1.165, 1.54) is 12.0 Å². The fraction of sp³-hybridized carbons (Fsp3) is 0.423. The summed E-state index contributed by atoms with van der Waals surface area (Å²) in [5.41, 5.74) is 3.84. The summed E-state index contributed by atoms with van der Waals surface area (Å²) in [4.78, 5) is 38.8. The van der Waals surface area contributed by atoms with E-state index in [1.54, 1.807) is 20.8 Å². The van der Waals surface area contributed by atoms with Crippen molar-refractivity contribution in [3.05, 3.63) is 59.7 Å². The number of carbonyl (C=O) groups is 3. The number of fused-ring (bicyclic) bond motifs is 3. The Morgan fingerprint density at radius 2 is 1.59 bits per heavy atom. The van der Waals surface area contributed by atoms with Crippen LogP contribution in [0.3, 0.4) is 0 Å². The van der Waals surface area contributed by atoms with Crippen LogP contribution >= 0.6 is 0 Å². The molecule has 1 saturated heterocycles. The van der Waals surface area contributed by atoms with Crippen LogP contribution in [0, 0.1) is 0 Å². The number of benzene rings is 2. The predicted octanol–water partition coefficient (Wildman–Crippen LogP) is 4.08. The van der Waals surface area contributed by atoms with Gasteiger partial charge in [-0.25, -0.2) is 14.4 Å². The Labute approximate surface area is 199 Å². The first-order valence-corrected chi connectivity index (χ1v) is 11.4. The number of likely N-dealkylation sites (tertiary alicyclic amines) is 1. The lowest BCUT2D eigenvalue weighted by Gasteiger charge is -2.27. The van der Waals surface area contributed by atoms with Crippen molar-refractivity contribution in [3.8, 4) is 11.1 Å². The molecule has 2 aromatic rings. The molecule has 0 radical (unpaired) electrons. The van der Waals surface area contributed by atoms with E-state index in [1.807, 2.05) is 24.3 Å². The van der Waals surface area contributed by atoms with E-state index in [9.17, 15) is 14.4 Å². The largest absolute Gasteiger partial charge is 0.467 e. The number of carbonyl (C=O) groups excluding carboxylic acids is 3. The fourth-order valence-corrected chi connectivity index (χ4v) is 4.63. The lowest BCUT2D eigenvalue weighted by molar-refractivity contribution is -0.145. The average molecular weight is 467 g/mol. The third-order valence-electron chi connectivity index (χ3n) is 6.07. The molecule has 34 heavy (non-hydrogen) atoms. The van der Waals surface area contributed by atoms with Crippen molar-refractivity contribution < 1.29 is 28.6 Å². The van der Waals surface area contributed by atoms with E-state index in [2.05, 4.69) is 29.6 Å². The van der Waals surface area contributed by atoms with Gasteiger partial charge in [-0.2, -0.15) is 0 Å². The van der Waals surface area contributed by atoms with Gasteiger partial charge in [-0.3, -0.25) is 4.90 Å². The van der Waals surface area contributed by atoms with Crippen LogP contribution in [-0.2, 0) is 19.0 Å². The summed E-state index contributed by atoms with van der Waals surface area (Å²) in [6.45, 7) is 5.56. The highest BCUT2D eigenvalue weighted by atomic mass is 16.6. The van der Waals surface area contributed by atoms with E-state index in [4.69, 9.17) is 14.2 Å². The summed E-state index contributed by atoms with van der Waals surface area (Å²) < 4.78 is 15.9. The standard InChI is InChI=1S/C26H30N2O6/c1-26(2,3)34-25(31)28-14-16(13-22(28)23(29)32-4)27-24(30)33-15-21-19-11-7-5-9-17(19)18-10-6-8-12-20(18)21/h5-12,16,21-22H,13-15H2,1-4H3,(H,27,30). The van der Waals surface area contributed by atoms with Gasteiger partial charge in [-0.1, -0.05) is 48.5 Å². The third-order valence-corrected chi connectivity index (χ3v) is 6.07. The molecule has 1 fully saturated rings. The van der Waals surface area contributed by atoms with Crippen LogP contribution < -0.4 is 5.32 Å². The summed E-state index contributed by atoms with van der Waals surface area (Å²) in [5.74, 6) is -0.606. The van der Waals surface area contributed by atoms with Crippen LogP contribution in [0.15, 0.2) is 48.5 Å². The lowest BCUT2D eigenvalue weighted by Crippen LogP contribution is -2.44. The number of rotatable bonds is 4. The van der Waals surface area contributed by atoms with Gasteiger partial charge in [0.2, 0.25) is 0 Å². The van der Waals surface area contributed by atoms with Crippen molar-refractivity contribution in [2.75, 3.05) is 20.3 Å². The molecule has 2 atom stereocenters. The number of amides is 2. The number of nitrogens with zero attached hydrogens (tertiary/aromatic N) is 1. The van der Waals surface area contributed by atoms with Gasteiger partial charge in [-0.15, -0.1) is 0 Å². The molecule has 8 nitrogen and oxygen atoms in total. The number of esters is 1. The molecule has 2 aromatic carbocycles. The van der Waals surface area contributed by atoms with Gasteiger partial charge >= 0.3 is 18.2 Å². The van der Waals surface area contributed by atoms with E-state index >= 15 is 0 Å². The highest BCUT2D eigenvalue weighted by molar-refractivity contribution is 5.83.